The second-order valence-electron chi connectivity index (χ2n) is 5.11. The van der Waals surface area contributed by atoms with E-state index in [4.69, 9.17) is 21.1 Å². The zero-order chi connectivity index (χ0) is 19.6. The Balaban J connectivity index is 4.71. The lowest BCUT2D eigenvalue weighted by atomic mass is 10.1. The molecule has 0 saturated carbocycles. The van der Waals surface area contributed by atoms with Crippen LogP contribution < -0.4 is 16.4 Å². The van der Waals surface area contributed by atoms with Gasteiger partial charge in [0.25, 0.3) is 0 Å². The fraction of sp³-hybridized carbons (Fsp3) is 0.615. The molecule has 0 aromatic heterocycles. The number of carbonyl (C=O) groups is 5. The van der Waals surface area contributed by atoms with Gasteiger partial charge < -0.3 is 31.7 Å². The van der Waals surface area contributed by atoms with E-state index in [1.54, 1.807) is 0 Å². The topological polar surface area (TPSA) is 196 Å². The second-order valence-corrected chi connectivity index (χ2v) is 5.48. The van der Waals surface area contributed by atoms with Crippen molar-refractivity contribution in [1.29, 1.82) is 0 Å². The fourth-order valence-corrected chi connectivity index (χ4v) is 1.94. The Morgan fingerprint density at radius 3 is 1.76 bits per heavy atom. The first-order valence-electron chi connectivity index (χ1n) is 7.22. The first-order valence-corrected chi connectivity index (χ1v) is 7.85. The highest BCUT2D eigenvalue weighted by molar-refractivity contribution is 7.80. The predicted octanol–water partition coefficient (Wildman–Crippen LogP) is -1.97. The minimum atomic E-state index is -1.44. The molecule has 0 saturated heterocycles. The number of nitrogens with one attached hydrogen (secondary N) is 2. The highest BCUT2D eigenvalue weighted by Gasteiger charge is 2.27. The summed E-state index contributed by atoms with van der Waals surface area (Å²) in [5, 5.41) is 30.5. The summed E-state index contributed by atoms with van der Waals surface area (Å²) in [6, 6.07) is -3.81. The van der Waals surface area contributed by atoms with E-state index in [2.05, 4.69) is 23.3 Å². The summed E-state index contributed by atoms with van der Waals surface area (Å²) in [5.41, 5.74) is 5.51. The number of thiol groups is 1. The van der Waals surface area contributed by atoms with Crippen molar-refractivity contribution in [2.45, 2.75) is 43.8 Å². The summed E-state index contributed by atoms with van der Waals surface area (Å²) in [5.74, 6) is -5.59. The van der Waals surface area contributed by atoms with E-state index in [0.717, 1.165) is 0 Å². The molecule has 0 heterocycles. The number of hydrogen-bond donors (Lipinski definition) is 7. The van der Waals surface area contributed by atoms with E-state index < -0.39 is 54.3 Å². The second kappa shape index (κ2) is 11.3. The van der Waals surface area contributed by atoms with Crippen LogP contribution in [0, 0.1) is 0 Å². The van der Waals surface area contributed by atoms with Crippen molar-refractivity contribution in [3.63, 3.8) is 0 Å². The minimum Gasteiger partial charge on any atom is -0.481 e. The number of carbonyl (C=O) groups excluding carboxylic acids is 2. The number of rotatable bonds is 12. The van der Waals surface area contributed by atoms with Gasteiger partial charge >= 0.3 is 17.9 Å². The van der Waals surface area contributed by atoms with E-state index in [1.807, 2.05) is 0 Å². The molecule has 0 aliphatic heterocycles. The van der Waals surface area contributed by atoms with Gasteiger partial charge in [0, 0.05) is 18.6 Å². The molecule has 0 aliphatic carbocycles. The molecule has 3 unspecified atom stereocenters. The van der Waals surface area contributed by atoms with E-state index in [1.165, 1.54) is 0 Å². The third kappa shape index (κ3) is 9.52. The fourth-order valence-electron chi connectivity index (χ4n) is 1.68. The zero-order valence-corrected chi connectivity index (χ0v) is 14.1. The van der Waals surface area contributed by atoms with Crippen LogP contribution in [0.25, 0.3) is 0 Å². The Bertz CT molecular complexity index is 527. The predicted molar refractivity (Wildman–Crippen MR) is 87.1 cm³/mol. The van der Waals surface area contributed by atoms with Crippen LogP contribution in [-0.4, -0.2) is 68.9 Å². The molecule has 3 atom stereocenters. The molecule has 11 nitrogen and oxygen atoms in total. The quantitative estimate of drug-likeness (QED) is 0.188. The van der Waals surface area contributed by atoms with Gasteiger partial charge in [0.1, 0.15) is 12.1 Å². The lowest BCUT2D eigenvalue weighted by Crippen LogP contribution is -2.55. The van der Waals surface area contributed by atoms with Crippen molar-refractivity contribution < 1.29 is 39.3 Å². The summed E-state index contributed by atoms with van der Waals surface area (Å²) in [7, 11) is 0. The Hall–Kier alpha value is -2.34. The normalized spacial score (nSPS) is 14.0. The third-order valence-corrected chi connectivity index (χ3v) is 3.45. The van der Waals surface area contributed by atoms with Crippen molar-refractivity contribution in [3.05, 3.63) is 0 Å². The van der Waals surface area contributed by atoms with Crippen LogP contribution in [0.15, 0.2) is 0 Å². The molecule has 0 bridgehead atoms. The van der Waals surface area contributed by atoms with Crippen molar-refractivity contribution in [3.8, 4) is 0 Å². The van der Waals surface area contributed by atoms with Gasteiger partial charge in [0.2, 0.25) is 11.8 Å². The molecule has 0 rings (SSSR count). The van der Waals surface area contributed by atoms with Crippen LogP contribution in [0.4, 0.5) is 0 Å². The SMILES string of the molecule is NC(CCC(=O)O)C(=O)NC(CS)C(=O)NC(CCC(=O)O)C(=O)O. The van der Waals surface area contributed by atoms with E-state index in [-0.39, 0.29) is 25.0 Å². The zero-order valence-electron chi connectivity index (χ0n) is 13.2. The van der Waals surface area contributed by atoms with Crippen LogP contribution in [0.2, 0.25) is 0 Å². The highest BCUT2D eigenvalue weighted by Crippen LogP contribution is 2.01. The molecule has 0 aliphatic rings. The maximum atomic E-state index is 12.0. The highest BCUT2D eigenvalue weighted by atomic mass is 32.1. The number of hydrogen-bond acceptors (Lipinski definition) is 7. The van der Waals surface area contributed by atoms with Crippen LogP contribution in [-0.2, 0) is 24.0 Å². The maximum Gasteiger partial charge on any atom is 0.326 e. The number of carboxylic acid groups (broad SMARTS) is 3. The summed E-state index contributed by atoms with van der Waals surface area (Å²) in [6.07, 6.45) is -1.27. The van der Waals surface area contributed by atoms with E-state index in [9.17, 15) is 24.0 Å². The molecule has 0 aromatic rings. The van der Waals surface area contributed by atoms with Gasteiger partial charge in [-0.3, -0.25) is 19.2 Å². The molecule has 0 aromatic carbocycles. The molecule has 7 N–H and O–H groups in total. The lowest BCUT2D eigenvalue weighted by Gasteiger charge is -2.21. The first kappa shape index (κ1) is 22.7. The van der Waals surface area contributed by atoms with E-state index >= 15 is 0 Å². The van der Waals surface area contributed by atoms with Gasteiger partial charge in [-0.05, 0) is 12.8 Å². The van der Waals surface area contributed by atoms with Gasteiger partial charge in [-0.25, -0.2) is 4.79 Å². The Labute approximate surface area is 148 Å². The number of amides is 2. The molecular weight excluding hydrogens is 358 g/mol. The number of carboxylic acids is 3. The summed E-state index contributed by atoms with van der Waals surface area (Å²) >= 11 is 3.89. The standard InChI is InChI=1S/C13H21N3O8S/c14-6(1-3-9(17)18)11(21)16-8(5-25)12(22)15-7(13(23)24)2-4-10(19)20/h6-8,25H,1-5,14H2,(H,15,22)(H,16,21)(H,17,18)(H,19,20)(H,23,24). The van der Waals surface area contributed by atoms with Gasteiger partial charge in [-0.2, -0.15) is 12.6 Å². The largest absolute Gasteiger partial charge is 0.481 e. The average molecular weight is 379 g/mol. The molecule has 12 heteroatoms. The summed E-state index contributed by atoms with van der Waals surface area (Å²) in [6.45, 7) is 0. The molecule has 0 fully saturated rings. The molecule has 142 valence electrons. The summed E-state index contributed by atoms with van der Waals surface area (Å²) in [4.78, 5) is 55.9. The monoisotopic (exact) mass is 379 g/mol. The Morgan fingerprint density at radius 2 is 1.32 bits per heavy atom. The maximum absolute atomic E-state index is 12.0. The lowest BCUT2D eigenvalue weighted by molar-refractivity contribution is -0.143. The van der Waals surface area contributed by atoms with Crippen LogP contribution in [0.3, 0.4) is 0 Å². The number of aliphatic carboxylic acids is 3. The molecular formula is C13H21N3O8S. The Kier molecular flexibility index (Phi) is 10.2. The minimum absolute atomic E-state index is 0.140. The van der Waals surface area contributed by atoms with Crippen molar-refractivity contribution >= 4 is 42.4 Å². The van der Waals surface area contributed by atoms with Crippen LogP contribution in [0.1, 0.15) is 25.7 Å². The molecule has 25 heavy (non-hydrogen) atoms. The van der Waals surface area contributed by atoms with Gasteiger partial charge in [0.15, 0.2) is 0 Å². The van der Waals surface area contributed by atoms with E-state index in [0.29, 0.717) is 0 Å². The van der Waals surface area contributed by atoms with Gasteiger partial charge in [-0.1, -0.05) is 0 Å². The van der Waals surface area contributed by atoms with Crippen LogP contribution in [0.5, 0.6) is 0 Å². The average Bonchev–Trinajstić information content (AvgIpc) is 2.52. The van der Waals surface area contributed by atoms with Gasteiger partial charge in [-0.15, -0.1) is 0 Å². The molecule has 0 spiro atoms. The molecule has 2 amide bonds. The molecule has 0 radical (unpaired) electrons. The summed E-state index contributed by atoms with van der Waals surface area (Å²) < 4.78 is 0. The van der Waals surface area contributed by atoms with Crippen molar-refractivity contribution in [2.24, 2.45) is 5.73 Å². The van der Waals surface area contributed by atoms with Gasteiger partial charge in [0.05, 0.1) is 6.04 Å². The smallest absolute Gasteiger partial charge is 0.326 e. The Morgan fingerprint density at radius 1 is 0.840 bits per heavy atom. The third-order valence-electron chi connectivity index (χ3n) is 3.08. The van der Waals surface area contributed by atoms with Crippen LogP contribution >= 0.6 is 12.6 Å². The number of nitrogens with two attached hydrogens (primary N) is 1. The first-order chi connectivity index (χ1) is 11.6. The van der Waals surface area contributed by atoms with Crippen molar-refractivity contribution in [2.75, 3.05) is 5.75 Å². The van der Waals surface area contributed by atoms with Crippen molar-refractivity contribution in [1.82, 2.24) is 10.6 Å².